The Labute approximate surface area is 77.6 Å². The van der Waals surface area contributed by atoms with Crippen LogP contribution >= 0.6 is 0 Å². The SMILES string of the molecule is OCCCc1nc2n(n1)CCCC2. The molecule has 2 heterocycles. The third-order valence-corrected chi connectivity index (χ3v) is 2.37. The van der Waals surface area contributed by atoms with Gasteiger partial charge in [-0.25, -0.2) is 9.67 Å². The fraction of sp³-hybridized carbons (Fsp3) is 0.778. The quantitative estimate of drug-likeness (QED) is 0.740. The van der Waals surface area contributed by atoms with Crippen LogP contribution in [-0.2, 0) is 19.4 Å². The highest BCUT2D eigenvalue weighted by Crippen LogP contribution is 2.12. The molecule has 1 aliphatic heterocycles. The Morgan fingerprint density at radius 1 is 1.38 bits per heavy atom. The Morgan fingerprint density at radius 3 is 3.08 bits per heavy atom. The van der Waals surface area contributed by atoms with E-state index in [1.165, 1.54) is 12.8 Å². The van der Waals surface area contributed by atoms with Crippen molar-refractivity contribution in [1.82, 2.24) is 14.8 Å². The molecule has 1 aromatic heterocycles. The highest BCUT2D eigenvalue weighted by Gasteiger charge is 2.12. The molecule has 13 heavy (non-hydrogen) atoms. The maximum atomic E-state index is 8.67. The number of hydrogen-bond donors (Lipinski definition) is 1. The van der Waals surface area contributed by atoms with E-state index < -0.39 is 0 Å². The Hall–Kier alpha value is -0.900. The summed E-state index contributed by atoms with van der Waals surface area (Å²) in [5.74, 6) is 2.02. The van der Waals surface area contributed by atoms with E-state index in [0.717, 1.165) is 37.5 Å². The summed E-state index contributed by atoms with van der Waals surface area (Å²) in [4.78, 5) is 4.43. The van der Waals surface area contributed by atoms with Crippen LogP contribution in [0.3, 0.4) is 0 Å². The first-order valence-corrected chi connectivity index (χ1v) is 4.93. The molecule has 1 N–H and O–H groups in total. The summed E-state index contributed by atoms with van der Waals surface area (Å²) >= 11 is 0. The van der Waals surface area contributed by atoms with Crippen molar-refractivity contribution in [3.8, 4) is 0 Å². The van der Waals surface area contributed by atoms with Gasteiger partial charge in [-0.1, -0.05) is 0 Å². The maximum Gasteiger partial charge on any atom is 0.151 e. The summed E-state index contributed by atoms with van der Waals surface area (Å²) in [5.41, 5.74) is 0. The molecule has 4 nitrogen and oxygen atoms in total. The normalized spacial score (nSPS) is 15.8. The Bertz CT molecular complexity index is 259. The van der Waals surface area contributed by atoms with E-state index in [1.54, 1.807) is 0 Å². The van der Waals surface area contributed by atoms with E-state index in [0.29, 0.717) is 0 Å². The Kier molecular flexibility index (Phi) is 2.59. The van der Waals surface area contributed by atoms with Gasteiger partial charge < -0.3 is 5.11 Å². The third-order valence-electron chi connectivity index (χ3n) is 2.37. The van der Waals surface area contributed by atoms with E-state index in [-0.39, 0.29) is 6.61 Å². The summed E-state index contributed by atoms with van der Waals surface area (Å²) in [6.45, 7) is 1.24. The van der Waals surface area contributed by atoms with Crippen molar-refractivity contribution in [2.24, 2.45) is 0 Å². The zero-order valence-corrected chi connectivity index (χ0v) is 7.74. The van der Waals surface area contributed by atoms with Crippen LogP contribution in [0.4, 0.5) is 0 Å². The monoisotopic (exact) mass is 181 g/mol. The van der Waals surface area contributed by atoms with Crippen LogP contribution in [0.5, 0.6) is 0 Å². The molecule has 72 valence electrons. The standard InChI is InChI=1S/C9H15N3O/c13-7-3-4-8-10-9-5-1-2-6-12(9)11-8/h13H,1-7H2. The molecule has 2 rings (SSSR count). The van der Waals surface area contributed by atoms with Gasteiger partial charge in [0.05, 0.1) is 0 Å². The second kappa shape index (κ2) is 3.87. The topological polar surface area (TPSA) is 50.9 Å². The smallest absolute Gasteiger partial charge is 0.151 e. The first-order chi connectivity index (χ1) is 6.40. The first kappa shape index (κ1) is 8.69. The minimum Gasteiger partial charge on any atom is -0.396 e. The lowest BCUT2D eigenvalue weighted by Crippen LogP contribution is -2.11. The number of rotatable bonds is 3. The van der Waals surface area contributed by atoms with Crippen LogP contribution in [0.1, 0.15) is 30.9 Å². The zero-order chi connectivity index (χ0) is 9.10. The van der Waals surface area contributed by atoms with E-state index in [2.05, 4.69) is 10.1 Å². The molecule has 0 radical (unpaired) electrons. The van der Waals surface area contributed by atoms with Crippen LogP contribution in [0.2, 0.25) is 0 Å². The molecule has 0 aliphatic carbocycles. The number of fused-ring (bicyclic) bond motifs is 1. The summed E-state index contributed by atoms with van der Waals surface area (Å²) in [5, 5.41) is 13.1. The second-order valence-electron chi connectivity index (χ2n) is 3.45. The Balaban J connectivity index is 2.07. The molecule has 0 atom stereocenters. The van der Waals surface area contributed by atoms with Gasteiger partial charge in [-0.15, -0.1) is 0 Å². The molecule has 4 heteroatoms. The van der Waals surface area contributed by atoms with E-state index >= 15 is 0 Å². The number of aromatic nitrogens is 3. The first-order valence-electron chi connectivity index (χ1n) is 4.93. The minimum absolute atomic E-state index is 0.226. The van der Waals surface area contributed by atoms with Gasteiger partial charge in [-0.3, -0.25) is 0 Å². The minimum atomic E-state index is 0.226. The van der Waals surface area contributed by atoms with Gasteiger partial charge in [-0.2, -0.15) is 5.10 Å². The van der Waals surface area contributed by atoms with E-state index in [4.69, 9.17) is 5.11 Å². The fourth-order valence-corrected chi connectivity index (χ4v) is 1.68. The van der Waals surface area contributed by atoms with Gasteiger partial charge in [0.2, 0.25) is 0 Å². The van der Waals surface area contributed by atoms with Crippen LogP contribution in [0, 0.1) is 0 Å². The number of hydrogen-bond acceptors (Lipinski definition) is 3. The van der Waals surface area contributed by atoms with E-state index in [1.807, 2.05) is 4.68 Å². The van der Waals surface area contributed by atoms with Crippen LogP contribution in [-0.4, -0.2) is 26.5 Å². The van der Waals surface area contributed by atoms with Crippen molar-refractivity contribution in [2.75, 3.05) is 6.61 Å². The fourth-order valence-electron chi connectivity index (χ4n) is 1.68. The summed E-state index contributed by atoms with van der Waals surface area (Å²) in [6, 6.07) is 0. The molecule has 0 fully saturated rings. The van der Waals surface area contributed by atoms with Crippen LogP contribution in [0.15, 0.2) is 0 Å². The van der Waals surface area contributed by atoms with Crippen molar-refractivity contribution in [3.05, 3.63) is 11.6 Å². The lowest BCUT2D eigenvalue weighted by molar-refractivity contribution is 0.287. The molecule has 0 spiro atoms. The van der Waals surface area contributed by atoms with E-state index in [9.17, 15) is 0 Å². The summed E-state index contributed by atoms with van der Waals surface area (Å²) in [6.07, 6.45) is 5.08. The maximum absolute atomic E-state index is 8.67. The van der Waals surface area contributed by atoms with Gasteiger partial charge in [0, 0.05) is 26.0 Å². The number of nitrogens with zero attached hydrogens (tertiary/aromatic N) is 3. The second-order valence-corrected chi connectivity index (χ2v) is 3.45. The highest BCUT2D eigenvalue weighted by molar-refractivity contribution is 4.95. The molecule has 0 saturated carbocycles. The lowest BCUT2D eigenvalue weighted by Gasteiger charge is -2.09. The predicted octanol–water partition coefficient (Wildman–Crippen LogP) is 0.539. The van der Waals surface area contributed by atoms with Gasteiger partial charge in [-0.05, 0) is 19.3 Å². The average Bonchev–Trinajstić information content (AvgIpc) is 2.57. The summed E-state index contributed by atoms with van der Waals surface area (Å²) < 4.78 is 2.01. The van der Waals surface area contributed by atoms with Crippen molar-refractivity contribution >= 4 is 0 Å². The highest BCUT2D eigenvalue weighted by atomic mass is 16.2. The number of aryl methyl sites for hydroxylation is 3. The summed E-state index contributed by atoms with van der Waals surface area (Å²) in [7, 11) is 0. The van der Waals surface area contributed by atoms with Gasteiger partial charge in [0.1, 0.15) is 5.82 Å². The van der Waals surface area contributed by atoms with Gasteiger partial charge in [0.15, 0.2) is 5.82 Å². The average molecular weight is 181 g/mol. The molecular weight excluding hydrogens is 166 g/mol. The van der Waals surface area contributed by atoms with Crippen LogP contribution < -0.4 is 0 Å². The zero-order valence-electron chi connectivity index (χ0n) is 7.74. The Morgan fingerprint density at radius 2 is 2.31 bits per heavy atom. The van der Waals surface area contributed by atoms with Gasteiger partial charge in [0.25, 0.3) is 0 Å². The molecular formula is C9H15N3O. The number of aliphatic hydroxyl groups is 1. The molecule has 1 aliphatic rings. The number of aliphatic hydroxyl groups excluding tert-OH is 1. The molecule has 0 aromatic carbocycles. The van der Waals surface area contributed by atoms with Crippen LogP contribution in [0.25, 0.3) is 0 Å². The van der Waals surface area contributed by atoms with Crippen molar-refractivity contribution in [1.29, 1.82) is 0 Å². The third kappa shape index (κ3) is 1.88. The van der Waals surface area contributed by atoms with Crippen molar-refractivity contribution in [2.45, 2.75) is 38.6 Å². The predicted molar refractivity (Wildman–Crippen MR) is 48.4 cm³/mol. The molecule has 0 saturated heterocycles. The largest absolute Gasteiger partial charge is 0.396 e. The lowest BCUT2D eigenvalue weighted by atomic mass is 10.2. The molecule has 0 unspecified atom stereocenters. The molecule has 0 bridgehead atoms. The van der Waals surface area contributed by atoms with Crippen molar-refractivity contribution in [3.63, 3.8) is 0 Å². The molecule has 1 aromatic rings. The van der Waals surface area contributed by atoms with Gasteiger partial charge >= 0.3 is 0 Å². The van der Waals surface area contributed by atoms with Crippen molar-refractivity contribution < 1.29 is 5.11 Å². The molecule has 0 amide bonds.